The lowest BCUT2D eigenvalue weighted by Gasteiger charge is -2.21. The van der Waals surface area contributed by atoms with Crippen LogP contribution in [0.2, 0.25) is 5.02 Å². The Labute approximate surface area is 214 Å². The number of benzene rings is 2. The van der Waals surface area contributed by atoms with Crippen molar-refractivity contribution >= 4 is 44.6 Å². The predicted octanol–water partition coefficient (Wildman–Crippen LogP) is 7.03. The van der Waals surface area contributed by atoms with Crippen LogP contribution in [0.4, 0.5) is 0 Å². The van der Waals surface area contributed by atoms with Crippen LogP contribution in [0.25, 0.3) is 10.9 Å². The highest BCUT2D eigenvalue weighted by Crippen LogP contribution is 2.37. The molecule has 0 radical (unpaired) electrons. The third-order valence-electron chi connectivity index (χ3n) is 5.19. The molecule has 0 bridgehead atoms. The topological polar surface area (TPSA) is 65.7 Å². The summed E-state index contributed by atoms with van der Waals surface area (Å²) in [6.07, 6.45) is 2.42. The van der Waals surface area contributed by atoms with Crippen LogP contribution in [0.3, 0.4) is 0 Å². The molecule has 0 aliphatic rings. The standard InChI is InChI=1S/C26H31BrClN3O3/c1-7-16(3)24-30-21-10-9-18(27)13-19(21)25(32)31(24)29-14-17-11-20(28)23(22(12-17)33-8-2)34-15-26(4,5)6/h9-14,16H,7-8,15H2,1-6H3/t16-/m1/s1. The first kappa shape index (κ1) is 26.2. The molecule has 182 valence electrons. The molecule has 2 aromatic carbocycles. The van der Waals surface area contributed by atoms with Crippen LogP contribution in [-0.4, -0.2) is 29.1 Å². The second kappa shape index (κ2) is 10.9. The van der Waals surface area contributed by atoms with Crippen LogP contribution < -0.4 is 15.0 Å². The van der Waals surface area contributed by atoms with Gasteiger partial charge in [-0.3, -0.25) is 4.79 Å². The molecular formula is C26H31BrClN3O3. The van der Waals surface area contributed by atoms with Gasteiger partial charge >= 0.3 is 0 Å². The Morgan fingerprint density at radius 3 is 2.59 bits per heavy atom. The highest BCUT2D eigenvalue weighted by Gasteiger charge is 2.18. The van der Waals surface area contributed by atoms with Crippen LogP contribution in [-0.2, 0) is 0 Å². The van der Waals surface area contributed by atoms with E-state index in [1.54, 1.807) is 18.3 Å². The predicted molar refractivity (Wildman–Crippen MR) is 143 cm³/mol. The molecule has 0 spiro atoms. The molecule has 34 heavy (non-hydrogen) atoms. The van der Waals surface area contributed by atoms with Crippen LogP contribution in [0.15, 0.2) is 44.7 Å². The lowest BCUT2D eigenvalue weighted by molar-refractivity contribution is 0.189. The van der Waals surface area contributed by atoms with Gasteiger partial charge in [-0.2, -0.15) is 9.78 Å². The first-order valence-corrected chi connectivity index (χ1v) is 12.6. The first-order chi connectivity index (χ1) is 16.0. The van der Waals surface area contributed by atoms with Gasteiger partial charge in [0.15, 0.2) is 11.5 Å². The molecule has 0 aliphatic carbocycles. The number of hydrogen-bond acceptors (Lipinski definition) is 5. The van der Waals surface area contributed by atoms with E-state index in [0.29, 0.717) is 52.0 Å². The highest BCUT2D eigenvalue weighted by molar-refractivity contribution is 9.10. The Bertz CT molecular complexity index is 1260. The normalized spacial score (nSPS) is 12.9. The van der Waals surface area contributed by atoms with Crippen molar-refractivity contribution in [2.75, 3.05) is 13.2 Å². The van der Waals surface area contributed by atoms with E-state index >= 15 is 0 Å². The monoisotopic (exact) mass is 547 g/mol. The van der Waals surface area contributed by atoms with Crippen molar-refractivity contribution < 1.29 is 9.47 Å². The van der Waals surface area contributed by atoms with Gasteiger partial charge in [0, 0.05) is 10.4 Å². The summed E-state index contributed by atoms with van der Waals surface area (Å²) in [4.78, 5) is 18.1. The molecule has 8 heteroatoms. The van der Waals surface area contributed by atoms with E-state index in [1.165, 1.54) is 4.68 Å². The van der Waals surface area contributed by atoms with Crippen molar-refractivity contribution in [3.8, 4) is 11.5 Å². The minimum atomic E-state index is -0.223. The van der Waals surface area contributed by atoms with Gasteiger partial charge in [0.1, 0.15) is 5.82 Å². The Hall–Kier alpha value is -2.38. The number of nitrogens with zero attached hydrogens (tertiary/aromatic N) is 3. The number of aromatic nitrogens is 2. The molecule has 0 saturated heterocycles. The van der Waals surface area contributed by atoms with Gasteiger partial charge in [-0.1, -0.05) is 62.1 Å². The number of rotatable bonds is 8. The Balaban J connectivity index is 2.08. The molecule has 0 unspecified atom stereocenters. The van der Waals surface area contributed by atoms with Gasteiger partial charge in [-0.05, 0) is 54.7 Å². The maximum absolute atomic E-state index is 13.3. The van der Waals surface area contributed by atoms with E-state index in [2.05, 4.69) is 48.7 Å². The molecule has 1 heterocycles. The quantitative estimate of drug-likeness (QED) is 0.283. The maximum atomic E-state index is 13.3. The minimum absolute atomic E-state index is 0.0292. The van der Waals surface area contributed by atoms with Crippen LogP contribution in [0, 0.1) is 5.41 Å². The summed E-state index contributed by atoms with van der Waals surface area (Å²) in [6, 6.07) is 9.05. The summed E-state index contributed by atoms with van der Waals surface area (Å²) in [6.45, 7) is 13.2. The SMILES string of the molecule is CCOc1cc(C=Nn2c([C@H](C)CC)nc3ccc(Br)cc3c2=O)cc(Cl)c1OCC(C)(C)C. The fourth-order valence-corrected chi connectivity index (χ4v) is 3.89. The van der Waals surface area contributed by atoms with Gasteiger partial charge < -0.3 is 9.47 Å². The fourth-order valence-electron chi connectivity index (χ4n) is 3.26. The number of hydrogen-bond donors (Lipinski definition) is 0. The maximum Gasteiger partial charge on any atom is 0.282 e. The summed E-state index contributed by atoms with van der Waals surface area (Å²) >= 11 is 9.99. The first-order valence-electron chi connectivity index (χ1n) is 11.4. The van der Waals surface area contributed by atoms with Crippen molar-refractivity contribution in [1.29, 1.82) is 0 Å². The van der Waals surface area contributed by atoms with E-state index in [4.69, 9.17) is 26.1 Å². The van der Waals surface area contributed by atoms with Gasteiger partial charge in [0.25, 0.3) is 5.56 Å². The smallest absolute Gasteiger partial charge is 0.282 e. The van der Waals surface area contributed by atoms with Gasteiger partial charge in [-0.25, -0.2) is 4.98 Å². The Morgan fingerprint density at radius 1 is 1.21 bits per heavy atom. The molecule has 0 saturated carbocycles. The van der Waals surface area contributed by atoms with Crippen molar-refractivity contribution in [1.82, 2.24) is 9.66 Å². The average Bonchev–Trinajstić information content (AvgIpc) is 2.77. The molecule has 0 amide bonds. The summed E-state index contributed by atoms with van der Waals surface area (Å²) < 4.78 is 14.0. The molecule has 3 rings (SSSR count). The number of fused-ring (bicyclic) bond motifs is 1. The average molecular weight is 549 g/mol. The third kappa shape index (κ3) is 6.19. The molecular weight excluding hydrogens is 518 g/mol. The van der Waals surface area contributed by atoms with Crippen LogP contribution in [0.5, 0.6) is 11.5 Å². The second-order valence-corrected chi connectivity index (χ2v) is 10.7. The Kier molecular flexibility index (Phi) is 8.42. The van der Waals surface area contributed by atoms with E-state index in [9.17, 15) is 4.79 Å². The van der Waals surface area contributed by atoms with Gasteiger partial charge in [0.05, 0.1) is 35.4 Å². The lowest BCUT2D eigenvalue weighted by Crippen LogP contribution is -2.23. The molecule has 6 nitrogen and oxygen atoms in total. The molecule has 0 N–H and O–H groups in total. The van der Waals surface area contributed by atoms with Crippen LogP contribution in [0.1, 0.15) is 65.3 Å². The van der Waals surface area contributed by atoms with Crippen molar-refractivity contribution in [2.45, 2.75) is 53.9 Å². The summed E-state index contributed by atoms with van der Waals surface area (Å²) in [5.41, 5.74) is 1.09. The second-order valence-electron chi connectivity index (χ2n) is 9.41. The molecule has 1 aromatic heterocycles. The molecule has 1 atom stereocenters. The number of halogens is 2. The number of ether oxygens (including phenoxy) is 2. The van der Waals surface area contributed by atoms with E-state index < -0.39 is 0 Å². The van der Waals surface area contributed by atoms with Gasteiger partial charge in [0.2, 0.25) is 0 Å². The molecule has 0 aliphatic heterocycles. The van der Waals surface area contributed by atoms with Crippen molar-refractivity contribution in [3.63, 3.8) is 0 Å². The van der Waals surface area contributed by atoms with Crippen molar-refractivity contribution in [2.24, 2.45) is 10.5 Å². The summed E-state index contributed by atoms with van der Waals surface area (Å²) in [5.74, 6) is 1.70. The summed E-state index contributed by atoms with van der Waals surface area (Å²) in [5, 5.41) is 5.45. The van der Waals surface area contributed by atoms with E-state index in [-0.39, 0.29) is 16.9 Å². The summed E-state index contributed by atoms with van der Waals surface area (Å²) in [7, 11) is 0. The minimum Gasteiger partial charge on any atom is -0.490 e. The zero-order chi connectivity index (χ0) is 25.0. The van der Waals surface area contributed by atoms with Crippen molar-refractivity contribution in [3.05, 3.63) is 61.6 Å². The van der Waals surface area contributed by atoms with E-state index in [0.717, 1.165) is 10.9 Å². The van der Waals surface area contributed by atoms with E-state index in [1.807, 2.05) is 32.0 Å². The van der Waals surface area contributed by atoms with Crippen LogP contribution >= 0.6 is 27.5 Å². The van der Waals surface area contributed by atoms with Gasteiger partial charge in [-0.15, -0.1) is 0 Å². The highest BCUT2D eigenvalue weighted by atomic mass is 79.9. The lowest BCUT2D eigenvalue weighted by atomic mass is 9.99. The molecule has 3 aromatic rings. The zero-order valence-corrected chi connectivity index (χ0v) is 22.8. The fraction of sp³-hybridized carbons (Fsp3) is 0.423. The largest absolute Gasteiger partial charge is 0.490 e. The third-order valence-corrected chi connectivity index (χ3v) is 5.96. The Morgan fingerprint density at radius 2 is 1.94 bits per heavy atom. The zero-order valence-electron chi connectivity index (χ0n) is 20.5. The molecule has 0 fully saturated rings.